The van der Waals surface area contributed by atoms with E-state index in [1.807, 2.05) is 0 Å². The Hall–Kier alpha value is -0.300. The molecule has 5 nitrogen and oxygen atoms in total. The minimum atomic E-state index is -0.222. The first-order valence-electron chi connectivity index (χ1n) is 5.25. The van der Waals surface area contributed by atoms with Crippen LogP contribution >= 0.6 is 12.3 Å². The first kappa shape index (κ1) is 15.7. The first-order valence-corrected chi connectivity index (χ1v) is 5.92. The lowest BCUT2D eigenvalue weighted by atomic mass is 10.3. The van der Waals surface area contributed by atoms with E-state index in [1.165, 1.54) is 6.92 Å². The molecule has 0 saturated heterocycles. The van der Waals surface area contributed by atoms with E-state index in [9.17, 15) is 4.79 Å². The number of hydrogen-bond donors (Lipinski definition) is 0. The van der Waals surface area contributed by atoms with Gasteiger partial charge >= 0.3 is 5.97 Å². The lowest BCUT2D eigenvalue weighted by Gasteiger charge is -2.29. The van der Waals surface area contributed by atoms with Crippen LogP contribution in [0, 0.1) is 0 Å². The van der Waals surface area contributed by atoms with Crippen LogP contribution in [0.4, 0.5) is 0 Å². The minimum Gasteiger partial charge on any atom is -0.460 e. The smallest absolute Gasteiger partial charge is 0.302 e. The van der Waals surface area contributed by atoms with Crippen molar-refractivity contribution >= 4 is 18.3 Å². The van der Waals surface area contributed by atoms with Crippen LogP contribution in [0.25, 0.3) is 0 Å². The van der Waals surface area contributed by atoms with Gasteiger partial charge in [-0.05, 0) is 0 Å². The van der Waals surface area contributed by atoms with Crippen LogP contribution in [0.2, 0.25) is 0 Å². The van der Waals surface area contributed by atoms with Crippen molar-refractivity contribution in [1.82, 2.24) is 0 Å². The Labute approximate surface area is 102 Å². The predicted octanol–water partition coefficient (Wildman–Crippen LogP) is 1.24. The molecule has 0 radical (unpaired) electrons. The Morgan fingerprint density at radius 2 is 1.94 bits per heavy atom. The molecule has 0 aromatic carbocycles. The average Bonchev–Trinajstić information content (AvgIpc) is 2.16. The summed E-state index contributed by atoms with van der Waals surface area (Å²) in [6, 6.07) is 0. The minimum absolute atomic E-state index is 0.222. The third-order valence-electron chi connectivity index (χ3n) is 2.11. The number of ether oxygens (including phenoxy) is 1. The van der Waals surface area contributed by atoms with Crippen molar-refractivity contribution < 1.29 is 22.4 Å². The highest BCUT2D eigenvalue weighted by Crippen LogP contribution is 2.05. The molecule has 0 heterocycles. The predicted molar refractivity (Wildman–Crippen MR) is 63.6 cm³/mol. The molecule has 0 bridgehead atoms. The summed E-state index contributed by atoms with van der Waals surface area (Å²) < 4.78 is 15.5. The number of carbonyl (C=O) groups excluding carboxylic acids is 1. The van der Waals surface area contributed by atoms with Gasteiger partial charge in [0.1, 0.15) is 13.2 Å². The van der Waals surface area contributed by atoms with E-state index in [2.05, 4.69) is 14.1 Å². The van der Waals surface area contributed by atoms with E-state index < -0.39 is 0 Å². The summed E-state index contributed by atoms with van der Waals surface area (Å²) >= 11 is 1.00. The van der Waals surface area contributed by atoms with Gasteiger partial charge in [0.05, 0.1) is 34.4 Å². The van der Waals surface area contributed by atoms with Gasteiger partial charge in [0.25, 0.3) is 0 Å². The Bertz CT molecular complexity index is 199. The zero-order chi connectivity index (χ0) is 12.4. The highest BCUT2D eigenvalue weighted by Gasteiger charge is 2.14. The molecule has 0 atom stereocenters. The van der Waals surface area contributed by atoms with Crippen LogP contribution in [-0.2, 0) is 17.9 Å². The summed E-state index contributed by atoms with van der Waals surface area (Å²) in [6.07, 6.45) is 0.948. The first-order chi connectivity index (χ1) is 7.48. The lowest BCUT2D eigenvalue weighted by Crippen LogP contribution is -2.43. The normalized spacial score (nSPS) is 11.5. The Kier molecular flexibility index (Phi) is 8.64. The molecule has 6 heteroatoms. The monoisotopic (exact) mass is 252 g/mol. The van der Waals surface area contributed by atoms with E-state index in [1.54, 1.807) is 7.11 Å². The van der Waals surface area contributed by atoms with E-state index in [4.69, 9.17) is 13.1 Å². The lowest BCUT2D eigenvalue weighted by molar-refractivity contribution is -0.890. The molecule has 0 unspecified atom stereocenters. The summed E-state index contributed by atoms with van der Waals surface area (Å²) in [5.41, 5.74) is 0. The number of quaternary nitrogens is 1. The van der Waals surface area contributed by atoms with Crippen LogP contribution in [0.1, 0.15) is 13.3 Å². The van der Waals surface area contributed by atoms with E-state index in [-0.39, 0.29) is 5.97 Å². The molecule has 96 valence electrons. The van der Waals surface area contributed by atoms with Crippen molar-refractivity contribution in [2.45, 2.75) is 13.3 Å². The number of carbonyl (C=O) groups is 1. The molecule has 16 heavy (non-hydrogen) atoms. The van der Waals surface area contributed by atoms with E-state index in [0.717, 1.165) is 36.3 Å². The zero-order valence-electron chi connectivity index (χ0n) is 10.5. The molecule has 0 saturated carbocycles. The van der Waals surface area contributed by atoms with Gasteiger partial charge in [0.2, 0.25) is 0 Å². The van der Waals surface area contributed by atoms with Crippen LogP contribution in [0.15, 0.2) is 0 Å². The molecule has 0 fully saturated rings. The number of nitrogens with zero attached hydrogens (tertiary/aromatic N) is 1. The van der Waals surface area contributed by atoms with Crippen molar-refractivity contribution in [3.05, 3.63) is 0 Å². The molecule has 0 aromatic rings. The molecular weight excluding hydrogens is 230 g/mol. The topological polar surface area (TPSA) is 44.8 Å². The van der Waals surface area contributed by atoms with Crippen LogP contribution in [0.5, 0.6) is 0 Å². The van der Waals surface area contributed by atoms with Gasteiger partial charge in [0.15, 0.2) is 12.3 Å². The largest absolute Gasteiger partial charge is 0.460 e. The SMILES string of the molecule is COSOCCC[N+](C)(C)CCOC(C)=O. The quantitative estimate of drug-likeness (QED) is 0.267. The van der Waals surface area contributed by atoms with Gasteiger partial charge in [-0.3, -0.25) is 13.2 Å². The molecule has 0 rings (SSSR count). The number of esters is 1. The Balaban J connectivity index is 3.49. The molecule has 0 aliphatic heterocycles. The summed E-state index contributed by atoms with van der Waals surface area (Å²) in [4.78, 5) is 10.6. The molecule has 0 aromatic heterocycles. The standard InChI is InChI=1S/C10H22NO4S/c1-10(12)14-9-7-11(2,3)6-5-8-15-16-13-4/h5-9H2,1-4H3/q+1. The van der Waals surface area contributed by atoms with Crippen molar-refractivity contribution in [3.8, 4) is 0 Å². The maximum absolute atomic E-state index is 10.6. The molecular formula is C10H22NO4S+. The van der Waals surface area contributed by atoms with E-state index >= 15 is 0 Å². The third-order valence-corrected chi connectivity index (χ3v) is 2.51. The Morgan fingerprint density at radius 1 is 1.25 bits per heavy atom. The highest BCUT2D eigenvalue weighted by molar-refractivity contribution is 7.89. The summed E-state index contributed by atoms with van der Waals surface area (Å²) in [7, 11) is 5.78. The zero-order valence-corrected chi connectivity index (χ0v) is 11.3. The van der Waals surface area contributed by atoms with Crippen molar-refractivity contribution in [2.24, 2.45) is 0 Å². The van der Waals surface area contributed by atoms with Crippen molar-refractivity contribution in [1.29, 1.82) is 0 Å². The van der Waals surface area contributed by atoms with Gasteiger partial charge in [-0.2, -0.15) is 0 Å². The van der Waals surface area contributed by atoms with Gasteiger partial charge in [0, 0.05) is 13.3 Å². The number of hydrogen-bond acceptors (Lipinski definition) is 5. The van der Waals surface area contributed by atoms with Crippen LogP contribution in [-0.4, -0.2) is 58.0 Å². The van der Waals surface area contributed by atoms with Gasteiger partial charge in [-0.1, -0.05) is 0 Å². The fourth-order valence-corrected chi connectivity index (χ4v) is 1.46. The molecule has 0 aliphatic rings. The number of rotatable bonds is 9. The fraction of sp³-hybridized carbons (Fsp3) is 0.900. The second-order valence-corrected chi connectivity index (χ2v) is 4.84. The maximum atomic E-state index is 10.6. The van der Waals surface area contributed by atoms with Crippen molar-refractivity contribution in [2.75, 3.05) is 47.5 Å². The number of likely N-dealkylation sites (N-methyl/N-ethyl adjacent to an activating group) is 1. The van der Waals surface area contributed by atoms with Gasteiger partial charge in [-0.25, -0.2) is 0 Å². The summed E-state index contributed by atoms with van der Waals surface area (Å²) in [6.45, 7) is 4.35. The third kappa shape index (κ3) is 10.2. The Morgan fingerprint density at radius 3 is 2.50 bits per heavy atom. The average molecular weight is 252 g/mol. The fourth-order valence-electron chi connectivity index (χ4n) is 1.18. The molecule has 0 amide bonds. The van der Waals surface area contributed by atoms with Gasteiger partial charge in [-0.15, -0.1) is 0 Å². The highest BCUT2D eigenvalue weighted by atomic mass is 32.2. The molecule has 0 N–H and O–H groups in total. The van der Waals surface area contributed by atoms with Crippen LogP contribution < -0.4 is 0 Å². The molecule has 0 aliphatic carbocycles. The summed E-state index contributed by atoms with van der Waals surface area (Å²) in [5, 5.41) is 0. The van der Waals surface area contributed by atoms with Crippen molar-refractivity contribution in [3.63, 3.8) is 0 Å². The molecule has 0 spiro atoms. The maximum Gasteiger partial charge on any atom is 0.302 e. The second-order valence-electron chi connectivity index (χ2n) is 4.13. The second kappa shape index (κ2) is 8.81. The van der Waals surface area contributed by atoms with Crippen LogP contribution in [0.3, 0.4) is 0 Å². The summed E-state index contributed by atoms with van der Waals surface area (Å²) in [5.74, 6) is -0.222. The van der Waals surface area contributed by atoms with Gasteiger partial charge < -0.3 is 9.22 Å². The van der Waals surface area contributed by atoms with E-state index in [0.29, 0.717) is 13.2 Å².